The van der Waals surface area contributed by atoms with Crippen LogP contribution in [-0.2, 0) is 25.2 Å². The van der Waals surface area contributed by atoms with Gasteiger partial charge in [-0.05, 0) is 30.7 Å². The lowest BCUT2D eigenvalue weighted by Crippen LogP contribution is -2.61. The van der Waals surface area contributed by atoms with Crippen molar-refractivity contribution in [2.75, 3.05) is 64.9 Å². The number of nitrogens with zero attached hydrogens (tertiary/aromatic N) is 4. The molecule has 0 aromatic heterocycles. The molecule has 1 aromatic rings. The number of hydrogen-bond acceptors (Lipinski definition) is 8. The Morgan fingerprint density at radius 1 is 1.14 bits per heavy atom. The molecule has 14 heteroatoms. The summed E-state index contributed by atoms with van der Waals surface area (Å²) in [6.07, 6.45) is 0.738. The highest BCUT2D eigenvalue weighted by Gasteiger charge is 2.51. The first-order valence-corrected chi connectivity index (χ1v) is 15.6. The van der Waals surface area contributed by atoms with Gasteiger partial charge in [0, 0.05) is 76.3 Å². The number of anilines is 1. The van der Waals surface area contributed by atoms with E-state index in [1.807, 2.05) is 4.90 Å². The molecule has 2 aliphatic heterocycles. The van der Waals surface area contributed by atoms with Gasteiger partial charge in [-0.25, -0.2) is 8.42 Å². The van der Waals surface area contributed by atoms with Gasteiger partial charge in [0.1, 0.15) is 0 Å². The fourth-order valence-corrected chi connectivity index (χ4v) is 7.42. The number of piperazine rings is 1. The summed E-state index contributed by atoms with van der Waals surface area (Å²) in [6, 6.07) is 4.91. The van der Waals surface area contributed by atoms with E-state index in [0.717, 1.165) is 0 Å². The molecule has 3 aliphatic rings. The predicted octanol–water partition coefficient (Wildman–Crippen LogP) is 2.67. The van der Waals surface area contributed by atoms with Gasteiger partial charge in [0.05, 0.1) is 24.2 Å². The SMILES string of the molecule is CN(C)C(=O)CC1COCCN1C[C@H]1CN(S(=O)(=O)C2=CC=CCC2=S)CCN1c1ccc(C(C)(O)C(F)(F)F)cc1. The van der Waals surface area contributed by atoms with E-state index in [2.05, 4.69) is 4.90 Å². The number of benzene rings is 1. The number of halogens is 3. The summed E-state index contributed by atoms with van der Waals surface area (Å²) in [7, 11) is -0.523. The van der Waals surface area contributed by atoms with Gasteiger partial charge in [0.2, 0.25) is 15.9 Å². The molecule has 1 aliphatic carbocycles. The van der Waals surface area contributed by atoms with Gasteiger partial charge in [-0.1, -0.05) is 36.5 Å². The number of alkyl halides is 3. The van der Waals surface area contributed by atoms with Gasteiger partial charge < -0.3 is 19.6 Å². The molecule has 1 aromatic carbocycles. The first kappa shape index (κ1) is 32.6. The maximum Gasteiger partial charge on any atom is 0.421 e. The van der Waals surface area contributed by atoms with Crippen LogP contribution in [0.4, 0.5) is 18.9 Å². The number of sulfonamides is 1. The molecule has 0 spiro atoms. The van der Waals surface area contributed by atoms with Crippen LogP contribution in [0, 0.1) is 0 Å². The van der Waals surface area contributed by atoms with Crippen molar-refractivity contribution in [2.24, 2.45) is 0 Å². The van der Waals surface area contributed by atoms with Crippen LogP contribution in [0.25, 0.3) is 0 Å². The predicted molar refractivity (Wildman–Crippen MR) is 158 cm³/mol. The van der Waals surface area contributed by atoms with E-state index in [0.29, 0.717) is 50.2 Å². The first-order valence-electron chi connectivity index (χ1n) is 13.7. The molecular weight excluding hydrogens is 593 g/mol. The summed E-state index contributed by atoms with van der Waals surface area (Å²) in [6.45, 7) is 2.99. The average Bonchev–Trinajstić information content (AvgIpc) is 2.93. The van der Waals surface area contributed by atoms with Crippen LogP contribution in [0.3, 0.4) is 0 Å². The molecule has 2 heterocycles. The minimum atomic E-state index is -4.85. The Bertz CT molecular complexity index is 1330. The molecule has 2 saturated heterocycles. The standard InChI is InChI=1S/C28H37F3N4O5S2/c1-27(37,28(29,30)31)20-8-10-21(11-9-20)35-13-12-34(42(38,39)25-7-5-4-6-24(25)41)18-23(35)17-33-14-15-40-19-22(33)16-26(36)32(2)3/h4-5,7-11,22-23,37H,6,12-19H2,1-3H3/t22?,23-,27?/m0/s1. The summed E-state index contributed by atoms with van der Waals surface area (Å²) < 4.78 is 74.7. The number of thiocarbonyl (C=S) groups is 1. The van der Waals surface area contributed by atoms with Crippen LogP contribution in [0.1, 0.15) is 25.3 Å². The molecule has 0 bridgehead atoms. The van der Waals surface area contributed by atoms with Crippen LogP contribution in [-0.4, -0.2) is 117 Å². The highest BCUT2D eigenvalue weighted by molar-refractivity contribution is 7.96. The molecule has 2 fully saturated rings. The van der Waals surface area contributed by atoms with Crippen molar-refractivity contribution >= 4 is 38.7 Å². The van der Waals surface area contributed by atoms with E-state index in [1.165, 1.54) is 39.5 Å². The zero-order valence-corrected chi connectivity index (χ0v) is 25.5. The van der Waals surface area contributed by atoms with Gasteiger partial charge in [-0.2, -0.15) is 17.5 Å². The zero-order chi connectivity index (χ0) is 30.9. The summed E-state index contributed by atoms with van der Waals surface area (Å²) in [5.74, 6) is -0.0571. The van der Waals surface area contributed by atoms with Crippen molar-refractivity contribution in [3.05, 3.63) is 53.0 Å². The van der Waals surface area contributed by atoms with Crippen molar-refractivity contribution in [3.63, 3.8) is 0 Å². The van der Waals surface area contributed by atoms with Gasteiger partial charge >= 0.3 is 6.18 Å². The highest BCUT2D eigenvalue weighted by atomic mass is 32.2. The van der Waals surface area contributed by atoms with Crippen LogP contribution in [0.2, 0.25) is 0 Å². The van der Waals surface area contributed by atoms with Crippen molar-refractivity contribution in [1.29, 1.82) is 0 Å². The van der Waals surface area contributed by atoms with Crippen molar-refractivity contribution in [2.45, 2.75) is 43.6 Å². The number of rotatable bonds is 8. The van der Waals surface area contributed by atoms with E-state index in [-0.39, 0.29) is 48.5 Å². The number of ether oxygens (including phenoxy) is 1. The lowest BCUT2D eigenvalue weighted by molar-refractivity contribution is -0.258. The van der Waals surface area contributed by atoms with Gasteiger partial charge in [-0.3, -0.25) is 9.69 Å². The third-order valence-electron chi connectivity index (χ3n) is 8.04. The average molecular weight is 631 g/mol. The second-order valence-electron chi connectivity index (χ2n) is 11.1. The summed E-state index contributed by atoms with van der Waals surface area (Å²) >= 11 is 5.36. The van der Waals surface area contributed by atoms with Crippen molar-refractivity contribution in [1.82, 2.24) is 14.1 Å². The summed E-state index contributed by atoms with van der Waals surface area (Å²) in [5, 5.41) is 10.1. The number of carbonyl (C=O) groups excluding carboxylic acids is 1. The Morgan fingerprint density at radius 3 is 2.45 bits per heavy atom. The minimum Gasteiger partial charge on any atom is -0.378 e. The summed E-state index contributed by atoms with van der Waals surface area (Å²) in [4.78, 5) is 18.6. The topological polar surface area (TPSA) is 93.6 Å². The van der Waals surface area contributed by atoms with E-state index < -0.39 is 27.8 Å². The van der Waals surface area contributed by atoms with Crippen LogP contribution in [0.5, 0.6) is 0 Å². The van der Waals surface area contributed by atoms with Gasteiger partial charge in [0.15, 0.2) is 5.60 Å². The van der Waals surface area contributed by atoms with Crippen LogP contribution < -0.4 is 4.90 Å². The molecule has 3 atom stereocenters. The molecule has 0 radical (unpaired) electrons. The Balaban J connectivity index is 1.63. The Morgan fingerprint density at radius 2 is 1.83 bits per heavy atom. The van der Waals surface area contributed by atoms with Crippen LogP contribution in [0.15, 0.2) is 47.4 Å². The lowest BCUT2D eigenvalue weighted by atomic mass is 9.95. The van der Waals surface area contributed by atoms with Crippen molar-refractivity contribution < 1.29 is 36.2 Å². The Hall–Kier alpha value is -2.36. The number of carbonyl (C=O) groups is 1. The normalized spacial score (nSPS) is 24.3. The number of allylic oxidation sites excluding steroid dienone is 4. The minimum absolute atomic E-state index is 0.0571. The fourth-order valence-electron chi connectivity index (χ4n) is 5.35. The molecule has 9 nitrogen and oxygen atoms in total. The number of aliphatic hydroxyl groups is 1. The molecule has 42 heavy (non-hydrogen) atoms. The second kappa shape index (κ2) is 12.7. The smallest absolute Gasteiger partial charge is 0.378 e. The molecule has 1 N–H and O–H groups in total. The van der Waals surface area contributed by atoms with E-state index in [4.69, 9.17) is 17.0 Å². The Labute approximate surface area is 250 Å². The molecule has 1 amide bonds. The largest absolute Gasteiger partial charge is 0.421 e. The molecule has 0 saturated carbocycles. The van der Waals surface area contributed by atoms with Gasteiger partial charge in [0.25, 0.3) is 0 Å². The quantitative estimate of drug-likeness (QED) is 0.439. The van der Waals surface area contributed by atoms with E-state index in [9.17, 15) is 31.5 Å². The third kappa shape index (κ3) is 6.89. The second-order valence-corrected chi connectivity index (χ2v) is 13.5. The summed E-state index contributed by atoms with van der Waals surface area (Å²) in [5.41, 5.74) is -2.71. The van der Waals surface area contributed by atoms with Crippen LogP contribution >= 0.6 is 12.2 Å². The Kier molecular flexibility index (Phi) is 9.85. The number of morpholine rings is 1. The molecule has 2 unspecified atom stereocenters. The number of hydrogen-bond donors (Lipinski definition) is 1. The monoisotopic (exact) mass is 630 g/mol. The van der Waals surface area contributed by atoms with Gasteiger partial charge in [-0.15, -0.1) is 0 Å². The van der Waals surface area contributed by atoms with E-state index in [1.54, 1.807) is 26.2 Å². The number of amides is 1. The lowest BCUT2D eigenvalue weighted by Gasteiger charge is -2.46. The molecular formula is C28H37F3N4O5S2. The fraction of sp³-hybridized carbons (Fsp3) is 0.571. The third-order valence-corrected chi connectivity index (χ3v) is 10.5. The highest BCUT2D eigenvalue weighted by Crippen LogP contribution is 2.39. The molecule has 4 rings (SSSR count). The maximum absolute atomic E-state index is 13.7. The first-order chi connectivity index (χ1) is 19.6. The maximum atomic E-state index is 13.7. The van der Waals surface area contributed by atoms with E-state index >= 15 is 0 Å². The van der Waals surface area contributed by atoms with Crippen molar-refractivity contribution in [3.8, 4) is 0 Å². The molecule has 232 valence electrons. The zero-order valence-electron chi connectivity index (χ0n) is 23.9.